The van der Waals surface area contributed by atoms with Gasteiger partial charge in [-0.1, -0.05) is 11.6 Å². The molecule has 0 atom stereocenters. The molecule has 0 spiro atoms. The molecule has 1 aromatic carbocycles. The van der Waals surface area contributed by atoms with Gasteiger partial charge in [-0.25, -0.2) is 13.8 Å². The summed E-state index contributed by atoms with van der Waals surface area (Å²) in [6, 6.07) is 0.291. The van der Waals surface area contributed by atoms with E-state index in [4.69, 9.17) is 16.3 Å². The molecule has 0 N–H and O–H groups in total. The maximum absolute atomic E-state index is 14.4. The number of halogens is 6. The molecule has 1 aromatic heterocycles. The first-order chi connectivity index (χ1) is 12.9. The number of hydrogen-bond donors (Lipinski definition) is 0. The number of ether oxygens (including phenoxy) is 2. The van der Waals surface area contributed by atoms with Crippen LogP contribution in [0.5, 0.6) is 6.01 Å². The van der Waals surface area contributed by atoms with Crippen LogP contribution < -0.4 is 10.3 Å². The quantitative estimate of drug-likeness (QED) is 0.550. The van der Waals surface area contributed by atoms with Crippen molar-refractivity contribution in [2.45, 2.75) is 26.1 Å². The minimum atomic E-state index is -5.29. The van der Waals surface area contributed by atoms with E-state index in [9.17, 15) is 31.5 Å². The van der Waals surface area contributed by atoms with Gasteiger partial charge in [0.05, 0.1) is 29.5 Å². The first-order valence-electron chi connectivity index (χ1n) is 7.52. The largest absolute Gasteiger partial charge is 0.468 e. The van der Waals surface area contributed by atoms with Crippen LogP contribution in [0.25, 0.3) is 5.69 Å². The zero-order valence-electron chi connectivity index (χ0n) is 14.5. The standard InChI is InChI=1S/C16H12ClF5N2O4/c1-6(2)28-14(26)7-4-10(9(18)5-8(7)17)24-13(25)11(19)12(16(20,21)22)23-15(24)27-3/h4-6H,1-3H3. The molecule has 152 valence electrons. The lowest BCUT2D eigenvalue weighted by atomic mass is 10.2. The summed E-state index contributed by atoms with van der Waals surface area (Å²) in [6.45, 7) is 3.05. The fourth-order valence-electron chi connectivity index (χ4n) is 2.16. The minimum absolute atomic E-state index is 0.113. The molecular formula is C16H12ClF5N2O4. The van der Waals surface area contributed by atoms with Gasteiger partial charge in [0.15, 0.2) is 5.69 Å². The number of methoxy groups -OCH3 is 1. The Labute approximate surface area is 159 Å². The van der Waals surface area contributed by atoms with Crippen molar-refractivity contribution in [2.24, 2.45) is 0 Å². The summed E-state index contributed by atoms with van der Waals surface area (Å²) in [5.74, 6) is -4.50. The number of esters is 1. The van der Waals surface area contributed by atoms with Crippen molar-refractivity contribution < 1.29 is 36.2 Å². The second kappa shape index (κ2) is 7.74. The molecule has 0 radical (unpaired) electrons. The summed E-state index contributed by atoms with van der Waals surface area (Å²) in [4.78, 5) is 27.2. The smallest absolute Gasteiger partial charge is 0.436 e. The first-order valence-corrected chi connectivity index (χ1v) is 7.90. The molecule has 2 aromatic rings. The first kappa shape index (κ1) is 21.6. The maximum Gasteiger partial charge on any atom is 0.436 e. The molecular weight excluding hydrogens is 415 g/mol. The van der Waals surface area contributed by atoms with Crippen LogP contribution in [-0.4, -0.2) is 28.7 Å². The molecule has 0 bridgehead atoms. The number of aromatic nitrogens is 2. The van der Waals surface area contributed by atoms with Crippen LogP contribution >= 0.6 is 11.6 Å². The van der Waals surface area contributed by atoms with E-state index in [1.807, 2.05) is 0 Å². The predicted octanol–water partition coefficient (Wildman–Crippen LogP) is 3.76. The van der Waals surface area contributed by atoms with Gasteiger partial charge >= 0.3 is 18.2 Å². The summed E-state index contributed by atoms with van der Waals surface area (Å²) in [6.07, 6.45) is -5.86. The lowest BCUT2D eigenvalue weighted by molar-refractivity contribution is -0.144. The lowest BCUT2D eigenvalue weighted by Gasteiger charge is -2.16. The van der Waals surface area contributed by atoms with E-state index in [2.05, 4.69) is 9.72 Å². The number of carbonyl (C=O) groups is 1. The van der Waals surface area contributed by atoms with E-state index in [-0.39, 0.29) is 9.59 Å². The van der Waals surface area contributed by atoms with Gasteiger partial charge in [0.1, 0.15) is 5.82 Å². The van der Waals surface area contributed by atoms with Gasteiger partial charge in [-0.2, -0.15) is 22.5 Å². The number of hydrogen-bond acceptors (Lipinski definition) is 5. The molecule has 0 aliphatic heterocycles. The molecule has 0 saturated carbocycles. The number of benzene rings is 1. The van der Waals surface area contributed by atoms with Gasteiger partial charge in [-0.05, 0) is 26.0 Å². The van der Waals surface area contributed by atoms with Crippen molar-refractivity contribution in [3.05, 3.63) is 50.4 Å². The SMILES string of the molecule is COc1nc(C(F)(F)F)c(F)c(=O)n1-c1cc(C(=O)OC(C)C)c(Cl)cc1F. The zero-order chi connectivity index (χ0) is 21.4. The minimum Gasteiger partial charge on any atom is -0.468 e. The van der Waals surface area contributed by atoms with Crippen LogP contribution in [0.2, 0.25) is 5.02 Å². The van der Waals surface area contributed by atoms with Crippen molar-refractivity contribution in [1.29, 1.82) is 0 Å². The number of carbonyl (C=O) groups excluding carboxylic acids is 1. The fourth-order valence-corrected chi connectivity index (χ4v) is 2.39. The van der Waals surface area contributed by atoms with Gasteiger partial charge in [-0.3, -0.25) is 4.79 Å². The van der Waals surface area contributed by atoms with Gasteiger partial charge in [0.2, 0.25) is 5.82 Å². The fraction of sp³-hybridized carbons (Fsp3) is 0.312. The van der Waals surface area contributed by atoms with Gasteiger partial charge < -0.3 is 9.47 Å². The molecule has 28 heavy (non-hydrogen) atoms. The summed E-state index contributed by atoms with van der Waals surface area (Å²) in [7, 11) is 0.845. The highest BCUT2D eigenvalue weighted by Gasteiger charge is 2.39. The Morgan fingerprint density at radius 1 is 1.25 bits per heavy atom. The highest BCUT2D eigenvalue weighted by molar-refractivity contribution is 6.33. The van der Waals surface area contributed by atoms with Gasteiger partial charge in [-0.15, -0.1) is 0 Å². The van der Waals surface area contributed by atoms with Crippen molar-refractivity contribution in [2.75, 3.05) is 7.11 Å². The molecule has 12 heteroatoms. The average Bonchev–Trinajstić information content (AvgIpc) is 2.56. The van der Waals surface area contributed by atoms with Crippen LogP contribution in [0, 0.1) is 11.6 Å². The molecule has 0 unspecified atom stereocenters. The predicted molar refractivity (Wildman–Crippen MR) is 86.9 cm³/mol. The summed E-state index contributed by atoms with van der Waals surface area (Å²) in [5.41, 5.74) is -5.22. The lowest BCUT2D eigenvalue weighted by Crippen LogP contribution is -2.30. The Morgan fingerprint density at radius 2 is 1.86 bits per heavy atom. The van der Waals surface area contributed by atoms with E-state index >= 15 is 0 Å². The normalized spacial score (nSPS) is 11.6. The average molecular weight is 427 g/mol. The molecule has 0 amide bonds. The third kappa shape index (κ3) is 4.08. The van der Waals surface area contributed by atoms with Gasteiger partial charge in [0.25, 0.3) is 5.56 Å². The Morgan fingerprint density at radius 3 is 2.36 bits per heavy atom. The highest BCUT2D eigenvalue weighted by Crippen LogP contribution is 2.31. The summed E-state index contributed by atoms with van der Waals surface area (Å²) < 4.78 is 76.5. The van der Waals surface area contributed by atoms with Crippen LogP contribution in [0.4, 0.5) is 22.0 Å². The summed E-state index contributed by atoms with van der Waals surface area (Å²) in [5, 5.41) is -0.390. The molecule has 2 rings (SSSR count). The van der Waals surface area contributed by atoms with E-state index in [0.29, 0.717) is 6.07 Å². The van der Waals surface area contributed by atoms with Crippen LogP contribution in [0.3, 0.4) is 0 Å². The molecule has 0 fully saturated rings. The Balaban J connectivity index is 2.80. The van der Waals surface area contributed by atoms with Crippen LogP contribution in [0.1, 0.15) is 29.9 Å². The number of nitrogens with zero attached hydrogens (tertiary/aromatic N) is 2. The van der Waals surface area contributed by atoms with Crippen LogP contribution in [-0.2, 0) is 10.9 Å². The second-order valence-electron chi connectivity index (χ2n) is 5.64. The van der Waals surface area contributed by atoms with Crippen LogP contribution in [0.15, 0.2) is 16.9 Å². The molecule has 0 aliphatic carbocycles. The Kier molecular flexibility index (Phi) is 5.97. The zero-order valence-corrected chi connectivity index (χ0v) is 15.3. The van der Waals surface area contributed by atoms with E-state index < -0.39 is 58.4 Å². The van der Waals surface area contributed by atoms with Crippen molar-refractivity contribution in [3.63, 3.8) is 0 Å². The van der Waals surface area contributed by atoms with E-state index in [0.717, 1.165) is 13.2 Å². The van der Waals surface area contributed by atoms with Crippen molar-refractivity contribution in [3.8, 4) is 11.7 Å². The Hall–Kier alpha value is -2.69. The molecule has 6 nitrogen and oxygen atoms in total. The molecule has 0 aliphatic rings. The van der Waals surface area contributed by atoms with Gasteiger partial charge in [0, 0.05) is 0 Å². The van der Waals surface area contributed by atoms with Crippen molar-refractivity contribution in [1.82, 2.24) is 9.55 Å². The molecule has 0 saturated heterocycles. The molecule has 1 heterocycles. The highest BCUT2D eigenvalue weighted by atomic mass is 35.5. The Bertz CT molecular complexity index is 988. The third-order valence-electron chi connectivity index (χ3n) is 3.29. The van der Waals surface area contributed by atoms with Crippen molar-refractivity contribution >= 4 is 17.6 Å². The number of alkyl halides is 3. The monoisotopic (exact) mass is 426 g/mol. The summed E-state index contributed by atoms with van der Waals surface area (Å²) >= 11 is 5.80. The van der Waals surface area contributed by atoms with E-state index in [1.54, 1.807) is 0 Å². The van der Waals surface area contributed by atoms with E-state index in [1.165, 1.54) is 13.8 Å². The maximum atomic E-state index is 14.4. The number of rotatable bonds is 4. The second-order valence-corrected chi connectivity index (χ2v) is 6.04. The topological polar surface area (TPSA) is 70.4 Å². The third-order valence-corrected chi connectivity index (χ3v) is 3.60.